The molecule has 0 bridgehead atoms. The molecule has 0 atom stereocenters. The van der Waals surface area contributed by atoms with E-state index in [0.29, 0.717) is 39.3 Å². The fourth-order valence-corrected chi connectivity index (χ4v) is 2.49. The number of hydrogen-bond acceptors (Lipinski definition) is 4. The Hall–Kier alpha value is -1.18. The topological polar surface area (TPSA) is 31.4 Å². The van der Waals surface area contributed by atoms with E-state index in [1.165, 1.54) is 4.90 Å². The Morgan fingerprint density at radius 2 is 1.71 bits per heavy atom. The number of rotatable bonds is 5. The summed E-state index contributed by atoms with van der Waals surface area (Å²) < 4.78 is 37.0. The van der Waals surface area contributed by atoms with Crippen molar-refractivity contribution in [2.45, 2.75) is 19.3 Å². The summed E-state index contributed by atoms with van der Waals surface area (Å²) in [4.78, 5) is 8.15. The SMILES string of the molecule is CNCc1cccc(CN2CCN(CC(F)(F)F)CC2)n1. The molecule has 0 spiro atoms. The predicted molar refractivity (Wildman–Crippen MR) is 74.8 cm³/mol. The van der Waals surface area contributed by atoms with E-state index in [1.807, 2.05) is 25.2 Å². The first-order valence-electron chi connectivity index (χ1n) is 7.07. The number of hydrogen-bond donors (Lipinski definition) is 1. The van der Waals surface area contributed by atoms with E-state index < -0.39 is 12.7 Å². The summed E-state index contributed by atoms with van der Waals surface area (Å²) >= 11 is 0. The summed E-state index contributed by atoms with van der Waals surface area (Å²) in [5, 5.41) is 3.05. The highest BCUT2D eigenvalue weighted by Crippen LogP contribution is 2.18. The van der Waals surface area contributed by atoms with Crippen molar-refractivity contribution in [2.75, 3.05) is 39.8 Å². The van der Waals surface area contributed by atoms with E-state index in [1.54, 1.807) is 0 Å². The fraction of sp³-hybridized carbons (Fsp3) is 0.643. The van der Waals surface area contributed by atoms with Gasteiger partial charge in [0.05, 0.1) is 17.9 Å². The molecule has 1 aromatic rings. The van der Waals surface area contributed by atoms with Gasteiger partial charge in [0.1, 0.15) is 0 Å². The molecule has 1 aromatic heterocycles. The van der Waals surface area contributed by atoms with E-state index in [-0.39, 0.29) is 0 Å². The van der Waals surface area contributed by atoms with Crippen molar-refractivity contribution < 1.29 is 13.2 Å². The Morgan fingerprint density at radius 3 is 2.33 bits per heavy atom. The first kappa shape index (κ1) is 16.2. The maximum atomic E-state index is 12.3. The Kier molecular flexibility index (Phi) is 5.55. The standard InChI is InChI=1S/C14H21F3N4/c1-18-9-12-3-2-4-13(19-12)10-20-5-7-21(8-6-20)11-14(15,16)17/h2-4,18H,5-11H2,1H3. The van der Waals surface area contributed by atoms with Crippen LogP contribution in [0, 0.1) is 0 Å². The molecule has 2 rings (SSSR count). The minimum Gasteiger partial charge on any atom is -0.314 e. The van der Waals surface area contributed by atoms with Crippen molar-refractivity contribution in [1.82, 2.24) is 20.1 Å². The highest BCUT2D eigenvalue weighted by Gasteiger charge is 2.32. The smallest absolute Gasteiger partial charge is 0.314 e. The second kappa shape index (κ2) is 7.20. The lowest BCUT2D eigenvalue weighted by Crippen LogP contribution is -2.48. The van der Waals surface area contributed by atoms with Gasteiger partial charge in [-0.05, 0) is 19.2 Å². The molecule has 21 heavy (non-hydrogen) atoms. The number of nitrogens with one attached hydrogen (secondary N) is 1. The van der Waals surface area contributed by atoms with Gasteiger partial charge < -0.3 is 5.32 Å². The summed E-state index contributed by atoms with van der Waals surface area (Å²) in [6.07, 6.45) is -4.11. The molecule has 1 aliphatic rings. The maximum absolute atomic E-state index is 12.3. The zero-order valence-corrected chi connectivity index (χ0v) is 12.2. The molecule has 0 radical (unpaired) electrons. The van der Waals surface area contributed by atoms with Crippen molar-refractivity contribution in [3.63, 3.8) is 0 Å². The van der Waals surface area contributed by atoms with Crippen LogP contribution >= 0.6 is 0 Å². The van der Waals surface area contributed by atoms with Crippen molar-refractivity contribution in [2.24, 2.45) is 0 Å². The van der Waals surface area contributed by atoms with Crippen LogP contribution in [-0.2, 0) is 13.1 Å². The highest BCUT2D eigenvalue weighted by atomic mass is 19.4. The Labute approximate surface area is 122 Å². The third-order valence-corrected chi connectivity index (χ3v) is 3.48. The van der Waals surface area contributed by atoms with Gasteiger partial charge in [0.15, 0.2) is 0 Å². The summed E-state index contributed by atoms with van der Waals surface area (Å²) in [5.41, 5.74) is 1.94. The van der Waals surface area contributed by atoms with E-state index in [2.05, 4.69) is 15.2 Å². The molecule has 7 heteroatoms. The first-order valence-corrected chi connectivity index (χ1v) is 7.07. The van der Waals surface area contributed by atoms with Crippen molar-refractivity contribution in [1.29, 1.82) is 0 Å². The van der Waals surface area contributed by atoms with Gasteiger partial charge in [0.2, 0.25) is 0 Å². The number of piperazine rings is 1. The molecule has 0 aromatic carbocycles. The minimum absolute atomic E-state index is 0.454. The lowest BCUT2D eigenvalue weighted by atomic mass is 10.2. The number of aromatic nitrogens is 1. The molecule has 0 saturated carbocycles. The molecule has 0 aliphatic carbocycles. The van der Waals surface area contributed by atoms with Crippen LogP contribution in [-0.4, -0.2) is 60.7 Å². The largest absolute Gasteiger partial charge is 0.401 e. The summed E-state index contributed by atoms with van der Waals surface area (Å²) in [5.74, 6) is 0. The molecule has 0 amide bonds. The lowest BCUT2D eigenvalue weighted by molar-refractivity contribution is -0.149. The summed E-state index contributed by atoms with van der Waals surface area (Å²) in [6, 6.07) is 5.89. The van der Waals surface area contributed by atoms with Crippen molar-refractivity contribution in [3.05, 3.63) is 29.6 Å². The number of alkyl halides is 3. The molecule has 118 valence electrons. The van der Waals surface area contributed by atoms with E-state index >= 15 is 0 Å². The van der Waals surface area contributed by atoms with Gasteiger partial charge in [-0.25, -0.2) is 0 Å². The molecule has 0 unspecified atom stereocenters. The fourth-order valence-electron chi connectivity index (χ4n) is 2.49. The van der Waals surface area contributed by atoms with Crippen LogP contribution in [0.1, 0.15) is 11.4 Å². The quantitative estimate of drug-likeness (QED) is 0.893. The Balaban J connectivity index is 1.82. The third kappa shape index (κ3) is 5.61. The molecule has 1 fully saturated rings. The predicted octanol–water partition coefficient (Wildman–Crippen LogP) is 1.48. The van der Waals surface area contributed by atoms with Crippen LogP contribution < -0.4 is 5.32 Å². The number of pyridine rings is 1. The van der Waals surface area contributed by atoms with E-state index in [0.717, 1.165) is 11.4 Å². The molecular weight excluding hydrogens is 281 g/mol. The second-order valence-electron chi connectivity index (χ2n) is 5.32. The van der Waals surface area contributed by atoms with Crippen LogP contribution in [0.3, 0.4) is 0 Å². The van der Waals surface area contributed by atoms with Gasteiger partial charge in [-0.1, -0.05) is 6.07 Å². The zero-order valence-electron chi connectivity index (χ0n) is 12.2. The zero-order chi connectivity index (χ0) is 15.3. The third-order valence-electron chi connectivity index (χ3n) is 3.48. The van der Waals surface area contributed by atoms with Crippen molar-refractivity contribution >= 4 is 0 Å². The number of nitrogens with zero attached hydrogens (tertiary/aromatic N) is 3. The molecular formula is C14H21F3N4. The second-order valence-corrected chi connectivity index (χ2v) is 5.32. The van der Waals surface area contributed by atoms with Gasteiger partial charge in [-0.15, -0.1) is 0 Å². The molecule has 2 heterocycles. The summed E-state index contributed by atoms with van der Waals surface area (Å²) in [6.45, 7) is 2.80. The van der Waals surface area contributed by atoms with Gasteiger partial charge in [-0.2, -0.15) is 13.2 Å². The van der Waals surface area contributed by atoms with Gasteiger partial charge in [0.25, 0.3) is 0 Å². The van der Waals surface area contributed by atoms with Gasteiger partial charge in [0, 0.05) is 39.3 Å². The van der Waals surface area contributed by atoms with Crippen LogP contribution in [0.25, 0.3) is 0 Å². The van der Waals surface area contributed by atoms with Crippen LogP contribution in [0.15, 0.2) is 18.2 Å². The van der Waals surface area contributed by atoms with Crippen LogP contribution in [0.5, 0.6) is 0 Å². The minimum atomic E-state index is -4.11. The Morgan fingerprint density at radius 1 is 1.10 bits per heavy atom. The summed E-state index contributed by atoms with van der Waals surface area (Å²) in [7, 11) is 1.87. The highest BCUT2D eigenvalue weighted by molar-refractivity contribution is 5.11. The first-order chi connectivity index (χ1) is 9.96. The van der Waals surface area contributed by atoms with E-state index in [9.17, 15) is 13.2 Å². The Bertz CT molecular complexity index is 442. The van der Waals surface area contributed by atoms with Crippen molar-refractivity contribution in [3.8, 4) is 0 Å². The maximum Gasteiger partial charge on any atom is 0.401 e. The normalized spacial score (nSPS) is 18.1. The van der Waals surface area contributed by atoms with Crippen LogP contribution in [0.2, 0.25) is 0 Å². The van der Waals surface area contributed by atoms with Gasteiger partial charge in [-0.3, -0.25) is 14.8 Å². The molecule has 1 N–H and O–H groups in total. The van der Waals surface area contributed by atoms with E-state index in [4.69, 9.17) is 0 Å². The molecule has 1 saturated heterocycles. The molecule has 4 nitrogen and oxygen atoms in total. The average Bonchev–Trinajstić information content (AvgIpc) is 2.40. The average molecular weight is 302 g/mol. The van der Waals surface area contributed by atoms with Gasteiger partial charge >= 0.3 is 6.18 Å². The van der Waals surface area contributed by atoms with Crippen LogP contribution in [0.4, 0.5) is 13.2 Å². The lowest BCUT2D eigenvalue weighted by Gasteiger charge is -2.34. The number of halogens is 3. The molecule has 1 aliphatic heterocycles. The monoisotopic (exact) mass is 302 g/mol.